The summed E-state index contributed by atoms with van der Waals surface area (Å²) in [6, 6.07) is 0. The van der Waals surface area contributed by atoms with Crippen LogP contribution in [0, 0.1) is 5.41 Å². The van der Waals surface area contributed by atoms with E-state index in [2.05, 4.69) is 5.16 Å². The van der Waals surface area contributed by atoms with Crippen molar-refractivity contribution in [2.45, 2.75) is 46.1 Å². The maximum atomic E-state index is 12.7. The van der Waals surface area contributed by atoms with Crippen molar-refractivity contribution in [3.63, 3.8) is 0 Å². The molecule has 1 saturated heterocycles. The number of carbonyl (C=O) groups is 1. The smallest absolute Gasteiger partial charge is 0.236 e. The average Bonchev–Trinajstić information content (AvgIpc) is 2.48. The molecule has 110 valence electrons. The molecule has 1 atom stereocenters. The van der Waals surface area contributed by atoms with Crippen molar-refractivity contribution in [3.8, 4) is 0 Å². The molecule has 0 radical (unpaired) electrons. The van der Waals surface area contributed by atoms with Crippen LogP contribution in [0.3, 0.4) is 0 Å². The van der Waals surface area contributed by atoms with Crippen molar-refractivity contribution >= 4 is 11.7 Å². The van der Waals surface area contributed by atoms with Crippen LogP contribution in [-0.4, -0.2) is 47.7 Å². The van der Waals surface area contributed by atoms with E-state index in [1.807, 2.05) is 20.8 Å². The number of carbonyl (C=O) groups excluding carboxylic acids is 1. The fourth-order valence-corrected chi connectivity index (χ4v) is 2.57. The van der Waals surface area contributed by atoms with Gasteiger partial charge in [-0.05, 0) is 19.3 Å². The zero-order valence-electron chi connectivity index (χ0n) is 12.1. The molecular formula is C13H25N3O3. The Morgan fingerprint density at radius 3 is 2.58 bits per heavy atom. The van der Waals surface area contributed by atoms with Gasteiger partial charge in [-0.1, -0.05) is 25.9 Å². The van der Waals surface area contributed by atoms with Gasteiger partial charge in [-0.2, -0.15) is 0 Å². The van der Waals surface area contributed by atoms with Crippen LogP contribution in [0.15, 0.2) is 5.16 Å². The molecule has 1 aliphatic heterocycles. The highest BCUT2D eigenvalue weighted by atomic mass is 16.5. The van der Waals surface area contributed by atoms with Gasteiger partial charge >= 0.3 is 0 Å². The predicted octanol–water partition coefficient (Wildman–Crippen LogP) is 1.18. The quantitative estimate of drug-likeness (QED) is 0.340. The molecule has 0 aromatic carbocycles. The molecule has 1 heterocycles. The number of hydrogen-bond donors (Lipinski definition) is 2. The van der Waals surface area contributed by atoms with Crippen molar-refractivity contribution < 1.29 is 14.7 Å². The van der Waals surface area contributed by atoms with Crippen molar-refractivity contribution in [3.05, 3.63) is 0 Å². The lowest BCUT2D eigenvalue weighted by atomic mass is 9.79. The standard InChI is InChI=1S/C13H25N3O3/c1-4-10-9-16(7-8-19-10)12(17)13(5-2,6-3)11(14)15-18/h10,18H,4-9H2,1-3H3,(H2,14,15). The highest BCUT2D eigenvalue weighted by Gasteiger charge is 2.43. The summed E-state index contributed by atoms with van der Waals surface area (Å²) in [4.78, 5) is 14.5. The van der Waals surface area contributed by atoms with E-state index in [4.69, 9.17) is 15.7 Å². The summed E-state index contributed by atoms with van der Waals surface area (Å²) < 4.78 is 5.57. The maximum absolute atomic E-state index is 12.7. The van der Waals surface area contributed by atoms with Crippen molar-refractivity contribution in [2.75, 3.05) is 19.7 Å². The van der Waals surface area contributed by atoms with E-state index in [-0.39, 0.29) is 17.8 Å². The van der Waals surface area contributed by atoms with E-state index in [9.17, 15) is 4.79 Å². The Labute approximate surface area is 114 Å². The second-order valence-corrected chi connectivity index (χ2v) is 4.93. The van der Waals surface area contributed by atoms with Gasteiger partial charge < -0.3 is 20.6 Å². The first-order valence-corrected chi connectivity index (χ1v) is 6.94. The second-order valence-electron chi connectivity index (χ2n) is 4.93. The molecule has 0 aliphatic carbocycles. The molecule has 0 saturated carbocycles. The number of amidine groups is 1. The Balaban J connectivity index is 2.94. The monoisotopic (exact) mass is 271 g/mol. The van der Waals surface area contributed by atoms with E-state index >= 15 is 0 Å². The third-order valence-corrected chi connectivity index (χ3v) is 4.10. The number of ether oxygens (including phenoxy) is 1. The first-order chi connectivity index (χ1) is 9.05. The van der Waals surface area contributed by atoms with Crippen molar-refractivity contribution in [2.24, 2.45) is 16.3 Å². The van der Waals surface area contributed by atoms with Crippen LogP contribution in [0.5, 0.6) is 0 Å². The van der Waals surface area contributed by atoms with Crippen molar-refractivity contribution in [1.29, 1.82) is 0 Å². The van der Waals surface area contributed by atoms with Gasteiger partial charge in [0.25, 0.3) is 0 Å². The van der Waals surface area contributed by atoms with E-state index in [1.165, 1.54) is 0 Å². The SMILES string of the molecule is CCC1CN(C(=O)C(CC)(CC)C(N)=NO)CCO1. The van der Waals surface area contributed by atoms with Crippen LogP contribution in [-0.2, 0) is 9.53 Å². The Morgan fingerprint density at radius 1 is 1.47 bits per heavy atom. The lowest BCUT2D eigenvalue weighted by Crippen LogP contribution is -2.55. The predicted molar refractivity (Wildman–Crippen MR) is 73.0 cm³/mol. The molecule has 1 fully saturated rings. The normalized spacial score (nSPS) is 21.5. The number of rotatable bonds is 5. The third-order valence-electron chi connectivity index (χ3n) is 4.10. The van der Waals surface area contributed by atoms with Gasteiger partial charge in [0, 0.05) is 13.1 Å². The number of hydrogen-bond acceptors (Lipinski definition) is 4. The summed E-state index contributed by atoms with van der Waals surface area (Å²) in [6.07, 6.45) is 1.99. The van der Waals surface area contributed by atoms with Crippen LogP contribution < -0.4 is 5.73 Å². The summed E-state index contributed by atoms with van der Waals surface area (Å²) in [7, 11) is 0. The maximum Gasteiger partial charge on any atom is 0.236 e. The molecule has 6 heteroatoms. The Kier molecular flexibility index (Phi) is 5.60. The van der Waals surface area contributed by atoms with E-state index < -0.39 is 5.41 Å². The molecular weight excluding hydrogens is 246 g/mol. The van der Waals surface area contributed by atoms with Gasteiger partial charge in [0.1, 0.15) is 5.41 Å². The van der Waals surface area contributed by atoms with Crippen LogP contribution in [0.25, 0.3) is 0 Å². The summed E-state index contributed by atoms with van der Waals surface area (Å²) in [5.74, 6) is -0.0587. The Morgan fingerprint density at radius 2 is 2.11 bits per heavy atom. The largest absolute Gasteiger partial charge is 0.409 e. The zero-order valence-corrected chi connectivity index (χ0v) is 12.1. The number of amides is 1. The highest BCUT2D eigenvalue weighted by Crippen LogP contribution is 2.30. The average molecular weight is 271 g/mol. The second kappa shape index (κ2) is 6.75. The fourth-order valence-electron chi connectivity index (χ4n) is 2.57. The van der Waals surface area contributed by atoms with Crippen LogP contribution in [0.4, 0.5) is 0 Å². The Hall–Kier alpha value is -1.30. The topological polar surface area (TPSA) is 88.2 Å². The van der Waals surface area contributed by atoms with Gasteiger partial charge in [-0.15, -0.1) is 0 Å². The van der Waals surface area contributed by atoms with Gasteiger partial charge in [-0.3, -0.25) is 4.79 Å². The van der Waals surface area contributed by atoms with Crippen LogP contribution >= 0.6 is 0 Å². The van der Waals surface area contributed by atoms with Crippen LogP contribution in [0.2, 0.25) is 0 Å². The van der Waals surface area contributed by atoms with E-state index in [1.54, 1.807) is 4.90 Å². The summed E-state index contributed by atoms with van der Waals surface area (Å²) >= 11 is 0. The molecule has 0 bridgehead atoms. The molecule has 1 rings (SSSR count). The molecule has 0 spiro atoms. The van der Waals surface area contributed by atoms with Crippen molar-refractivity contribution in [1.82, 2.24) is 4.90 Å². The van der Waals surface area contributed by atoms with Gasteiger partial charge in [0.05, 0.1) is 12.7 Å². The number of oxime groups is 1. The first kappa shape index (κ1) is 15.8. The molecule has 3 N–H and O–H groups in total. The fraction of sp³-hybridized carbons (Fsp3) is 0.846. The van der Waals surface area contributed by atoms with E-state index in [0.717, 1.165) is 6.42 Å². The molecule has 0 aromatic rings. The summed E-state index contributed by atoms with van der Waals surface area (Å²) in [5.41, 5.74) is 4.87. The molecule has 6 nitrogen and oxygen atoms in total. The molecule has 19 heavy (non-hydrogen) atoms. The van der Waals surface area contributed by atoms with Gasteiger partial charge in [-0.25, -0.2) is 0 Å². The third kappa shape index (κ3) is 3.00. The van der Waals surface area contributed by atoms with Gasteiger partial charge in [0.2, 0.25) is 5.91 Å². The van der Waals surface area contributed by atoms with Crippen LogP contribution in [0.1, 0.15) is 40.0 Å². The first-order valence-electron chi connectivity index (χ1n) is 6.94. The molecule has 1 amide bonds. The highest BCUT2D eigenvalue weighted by molar-refractivity contribution is 6.06. The lowest BCUT2D eigenvalue weighted by molar-refractivity contribution is -0.146. The van der Waals surface area contributed by atoms with E-state index in [0.29, 0.717) is 32.5 Å². The molecule has 0 aromatic heterocycles. The molecule has 1 unspecified atom stereocenters. The lowest BCUT2D eigenvalue weighted by Gasteiger charge is -2.39. The Bertz CT molecular complexity index is 340. The number of nitrogens with two attached hydrogens (primary N) is 1. The summed E-state index contributed by atoms with van der Waals surface area (Å²) in [6.45, 7) is 7.50. The molecule has 1 aliphatic rings. The zero-order chi connectivity index (χ0) is 14.5. The minimum Gasteiger partial charge on any atom is -0.409 e. The minimum absolute atomic E-state index is 0.00189. The number of morpholine rings is 1. The van der Waals surface area contributed by atoms with Gasteiger partial charge in [0.15, 0.2) is 5.84 Å². The number of nitrogens with zero attached hydrogens (tertiary/aromatic N) is 2. The minimum atomic E-state index is -0.898. The summed E-state index contributed by atoms with van der Waals surface area (Å²) in [5, 5.41) is 12.0.